The number of hydrogen-bond donors (Lipinski definition) is 2. The Labute approximate surface area is 205 Å². The summed E-state index contributed by atoms with van der Waals surface area (Å²) in [7, 11) is 6.08. The van der Waals surface area contributed by atoms with Crippen molar-refractivity contribution in [3.63, 3.8) is 0 Å². The van der Waals surface area contributed by atoms with E-state index < -0.39 is 0 Å². The van der Waals surface area contributed by atoms with Crippen molar-refractivity contribution in [1.29, 1.82) is 0 Å². The Kier molecular flexibility index (Phi) is 12.4. The molecule has 1 atom stereocenters. The predicted octanol–water partition coefficient (Wildman–Crippen LogP) is 2.62. The maximum Gasteiger partial charge on any atom is 0.225 e. The predicted molar refractivity (Wildman–Crippen MR) is 138 cm³/mol. The first-order valence-corrected chi connectivity index (χ1v) is 11.4. The third-order valence-electron chi connectivity index (χ3n) is 5.98. The van der Waals surface area contributed by atoms with E-state index in [-0.39, 0.29) is 35.9 Å². The molecule has 31 heavy (non-hydrogen) atoms. The normalized spacial score (nSPS) is 16.4. The van der Waals surface area contributed by atoms with Gasteiger partial charge < -0.3 is 20.4 Å². The van der Waals surface area contributed by atoms with Crippen molar-refractivity contribution in [3.05, 3.63) is 18.0 Å². The molecule has 0 aliphatic carbocycles. The number of aromatic nitrogens is 2. The molecule has 2 heterocycles. The Morgan fingerprint density at radius 2 is 1.90 bits per heavy atom. The SMILES string of the molecule is CCNC(=NCC(c1cnn(C)c1)N(C)C)NC1CCN(C(=O)C(CC)CC)CC1.I. The fourth-order valence-electron chi connectivity index (χ4n) is 4.01. The smallest absolute Gasteiger partial charge is 0.225 e. The van der Waals surface area contributed by atoms with Gasteiger partial charge in [-0.05, 0) is 46.7 Å². The lowest BCUT2D eigenvalue weighted by Gasteiger charge is -2.35. The van der Waals surface area contributed by atoms with Crippen molar-refractivity contribution >= 4 is 35.8 Å². The summed E-state index contributed by atoms with van der Waals surface area (Å²) in [5, 5.41) is 11.3. The molecular formula is C22H42IN7O. The molecule has 0 spiro atoms. The van der Waals surface area contributed by atoms with E-state index in [2.05, 4.69) is 55.5 Å². The average Bonchev–Trinajstić information content (AvgIpc) is 3.15. The number of hydrogen-bond acceptors (Lipinski definition) is 4. The molecular weight excluding hydrogens is 505 g/mol. The van der Waals surface area contributed by atoms with Gasteiger partial charge in [-0.15, -0.1) is 24.0 Å². The van der Waals surface area contributed by atoms with Crippen molar-refractivity contribution < 1.29 is 4.79 Å². The van der Waals surface area contributed by atoms with Crippen molar-refractivity contribution in [2.75, 3.05) is 40.3 Å². The van der Waals surface area contributed by atoms with Crippen LogP contribution in [0.2, 0.25) is 0 Å². The summed E-state index contributed by atoms with van der Waals surface area (Å²) in [6.45, 7) is 9.40. The van der Waals surface area contributed by atoms with Gasteiger partial charge in [-0.2, -0.15) is 5.10 Å². The highest BCUT2D eigenvalue weighted by atomic mass is 127. The van der Waals surface area contributed by atoms with Gasteiger partial charge in [0, 0.05) is 50.4 Å². The molecule has 8 nitrogen and oxygen atoms in total. The van der Waals surface area contributed by atoms with Gasteiger partial charge in [0.25, 0.3) is 0 Å². The molecule has 2 N–H and O–H groups in total. The van der Waals surface area contributed by atoms with Crippen LogP contribution in [0.15, 0.2) is 17.4 Å². The number of likely N-dealkylation sites (N-methyl/N-ethyl adjacent to an activating group) is 1. The standard InChI is InChI=1S/C22H41N7O.HI/c1-7-17(8-2)21(30)29-12-10-19(11-13-29)26-22(23-9-3)24-15-20(27(4)5)18-14-25-28(6)16-18;/h14,16-17,19-20H,7-13,15H2,1-6H3,(H2,23,24,26);1H. The van der Waals surface area contributed by atoms with Gasteiger partial charge in [-0.1, -0.05) is 13.8 Å². The number of nitrogens with one attached hydrogen (secondary N) is 2. The first-order chi connectivity index (χ1) is 14.4. The van der Waals surface area contributed by atoms with E-state index in [1.54, 1.807) is 0 Å². The average molecular weight is 548 g/mol. The van der Waals surface area contributed by atoms with E-state index in [0.717, 1.165) is 56.8 Å². The number of aryl methyl sites for hydroxylation is 1. The number of nitrogens with zero attached hydrogens (tertiary/aromatic N) is 5. The second kappa shape index (κ2) is 13.9. The second-order valence-electron chi connectivity index (χ2n) is 8.40. The first-order valence-electron chi connectivity index (χ1n) is 11.4. The monoisotopic (exact) mass is 547 g/mol. The Hall–Kier alpha value is -1.36. The van der Waals surface area contributed by atoms with Crippen molar-refractivity contribution in [3.8, 4) is 0 Å². The van der Waals surface area contributed by atoms with E-state index in [1.165, 1.54) is 0 Å². The van der Waals surface area contributed by atoms with E-state index in [1.807, 2.05) is 29.0 Å². The van der Waals surface area contributed by atoms with Crippen molar-refractivity contribution in [2.24, 2.45) is 18.0 Å². The Morgan fingerprint density at radius 3 is 2.39 bits per heavy atom. The minimum atomic E-state index is 0. The molecule has 178 valence electrons. The summed E-state index contributed by atoms with van der Waals surface area (Å²) in [4.78, 5) is 21.7. The van der Waals surface area contributed by atoms with Crippen LogP contribution in [0.1, 0.15) is 58.1 Å². The van der Waals surface area contributed by atoms with E-state index in [4.69, 9.17) is 4.99 Å². The molecule has 2 rings (SSSR count). The fourth-order valence-corrected chi connectivity index (χ4v) is 4.01. The maximum absolute atomic E-state index is 12.6. The minimum absolute atomic E-state index is 0. The molecule has 1 aromatic rings. The molecule has 1 amide bonds. The van der Waals surface area contributed by atoms with Crippen LogP contribution in [-0.2, 0) is 11.8 Å². The number of carbonyl (C=O) groups is 1. The summed E-state index contributed by atoms with van der Waals surface area (Å²) in [6.07, 6.45) is 7.72. The van der Waals surface area contributed by atoms with Crippen LogP contribution < -0.4 is 10.6 Å². The van der Waals surface area contributed by atoms with Crippen molar-refractivity contribution in [1.82, 2.24) is 30.2 Å². The van der Waals surface area contributed by atoms with Gasteiger partial charge in [0.15, 0.2) is 5.96 Å². The summed E-state index contributed by atoms with van der Waals surface area (Å²) < 4.78 is 1.83. The largest absolute Gasteiger partial charge is 0.357 e. The van der Waals surface area contributed by atoms with Crippen molar-refractivity contribution in [2.45, 2.75) is 58.5 Å². The number of rotatable bonds is 9. The summed E-state index contributed by atoms with van der Waals surface area (Å²) in [5.41, 5.74) is 1.16. The van der Waals surface area contributed by atoms with Gasteiger partial charge in [-0.3, -0.25) is 14.5 Å². The molecule has 1 saturated heterocycles. The van der Waals surface area contributed by atoms with E-state index in [9.17, 15) is 4.79 Å². The van der Waals surface area contributed by atoms with Crippen LogP contribution in [0.4, 0.5) is 0 Å². The summed E-state index contributed by atoms with van der Waals surface area (Å²) >= 11 is 0. The number of likely N-dealkylation sites (tertiary alicyclic amines) is 1. The topological polar surface area (TPSA) is 77.8 Å². The zero-order valence-corrected chi connectivity index (χ0v) is 22.4. The number of amides is 1. The van der Waals surface area contributed by atoms with Crippen LogP contribution in [0, 0.1) is 5.92 Å². The zero-order valence-electron chi connectivity index (χ0n) is 20.1. The minimum Gasteiger partial charge on any atom is -0.357 e. The fraction of sp³-hybridized carbons (Fsp3) is 0.773. The molecule has 9 heteroatoms. The number of piperidine rings is 1. The Bertz CT molecular complexity index is 679. The third-order valence-corrected chi connectivity index (χ3v) is 5.98. The highest BCUT2D eigenvalue weighted by Gasteiger charge is 2.27. The molecule has 1 aliphatic rings. The second-order valence-corrected chi connectivity index (χ2v) is 8.40. The molecule has 1 aromatic heterocycles. The van der Waals surface area contributed by atoms with Crippen LogP contribution in [0.5, 0.6) is 0 Å². The molecule has 1 fully saturated rings. The molecule has 1 unspecified atom stereocenters. The van der Waals surface area contributed by atoms with Crippen LogP contribution >= 0.6 is 24.0 Å². The van der Waals surface area contributed by atoms with Gasteiger partial charge in [0.2, 0.25) is 5.91 Å². The maximum atomic E-state index is 12.6. The lowest BCUT2D eigenvalue weighted by molar-refractivity contribution is -0.136. The van der Waals surface area contributed by atoms with Gasteiger partial charge in [-0.25, -0.2) is 0 Å². The summed E-state index contributed by atoms with van der Waals surface area (Å²) in [5.74, 6) is 1.34. The van der Waals surface area contributed by atoms with Crippen LogP contribution in [-0.4, -0.2) is 77.8 Å². The first kappa shape index (κ1) is 27.7. The summed E-state index contributed by atoms with van der Waals surface area (Å²) in [6, 6.07) is 0.512. The molecule has 0 aromatic carbocycles. The number of carbonyl (C=O) groups excluding carboxylic acids is 1. The molecule has 0 saturated carbocycles. The Morgan fingerprint density at radius 1 is 1.26 bits per heavy atom. The molecule has 0 bridgehead atoms. The van der Waals surface area contributed by atoms with Gasteiger partial charge in [0.05, 0.1) is 18.8 Å². The lowest BCUT2D eigenvalue weighted by atomic mass is 9.98. The highest BCUT2D eigenvalue weighted by molar-refractivity contribution is 14.0. The highest BCUT2D eigenvalue weighted by Crippen LogP contribution is 2.19. The van der Waals surface area contributed by atoms with Crippen LogP contribution in [0.25, 0.3) is 0 Å². The van der Waals surface area contributed by atoms with Crippen LogP contribution in [0.3, 0.4) is 0 Å². The quantitative estimate of drug-likeness (QED) is 0.283. The lowest BCUT2D eigenvalue weighted by Crippen LogP contribution is -2.50. The van der Waals surface area contributed by atoms with Gasteiger partial charge >= 0.3 is 0 Å². The molecule has 1 aliphatic heterocycles. The van der Waals surface area contributed by atoms with Gasteiger partial charge in [0.1, 0.15) is 0 Å². The number of halogens is 1. The zero-order chi connectivity index (χ0) is 22.1. The molecule has 0 radical (unpaired) electrons. The third kappa shape index (κ3) is 8.25. The number of guanidine groups is 1. The van der Waals surface area contributed by atoms with E-state index in [0.29, 0.717) is 18.5 Å². The van der Waals surface area contributed by atoms with E-state index >= 15 is 0 Å². The number of aliphatic imine (C=N–C) groups is 1. The Balaban J connectivity index is 0.00000480.